The molecule has 3 rings (SSSR count). The first-order valence-corrected chi connectivity index (χ1v) is 8.85. The molecule has 0 aliphatic heterocycles. The molecule has 3 N–H and O–H groups in total. The van der Waals surface area contributed by atoms with Gasteiger partial charge in [0.25, 0.3) is 0 Å². The molecule has 0 aliphatic carbocycles. The third-order valence-electron chi connectivity index (χ3n) is 4.25. The predicted molar refractivity (Wildman–Crippen MR) is 106 cm³/mol. The fourth-order valence-electron chi connectivity index (χ4n) is 2.71. The van der Waals surface area contributed by atoms with Gasteiger partial charge in [-0.25, -0.2) is 4.39 Å². The number of hydrogen-bond acceptors (Lipinski definition) is 3. The Balaban J connectivity index is 1.74. The molecular weight excluding hydrogens is 385 g/mol. The highest BCUT2D eigenvalue weighted by atomic mass is 35.5. The van der Waals surface area contributed by atoms with E-state index in [1.807, 2.05) is 0 Å². The molecule has 0 unspecified atom stereocenters. The Morgan fingerprint density at radius 3 is 2.86 bits per heavy atom. The number of halogens is 2. The molecule has 0 saturated heterocycles. The summed E-state index contributed by atoms with van der Waals surface area (Å²) in [7, 11) is 0. The number of carboxylic acids is 1. The number of benzene rings is 2. The molecule has 0 radical (unpaired) electrons. The molecule has 1 heterocycles. The van der Waals surface area contributed by atoms with Crippen LogP contribution in [0.4, 0.5) is 10.1 Å². The highest BCUT2D eigenvalue weighted by Gasteiger charge is 2.10. The number of carbonyl (C=O) groups excluding carboxylic acids is 1. The molecule has 1 amide bonds. The van der Waals surface area contributed by atoms with E-state index in [1.54, 1.807) is 37.3 Å². The minimum absolute atomic E-state index is 0.116. The Hall–Kier alpha value is -3.19. The van der Waals surface area contributed by atoms with Crippen molar-refractivity contribution >= 4 is 46.1 Å². The van der Waals surface area contributed by atoms with Gasteiger partial charge in [0.05, 0.1) is 5.52 Å². The van der Waals surface area contributed by atoms with E-state index in [2.05, 4.69) is 15.5 Å². The number of hydrogen-bond donors (Lipinski definition) is 3. The zero-order valence-corrected chi connectivity index (χ0v) is 15.7. The highest BCUT2D eigenvalue weighted by Crippen LogP contribution is 2.23. The molecule has 1 aromatic heterocycles. The van der Waals surface area contributed by atoms with Crippen LogP contribution in [-0.4, -0.2) is 27.2 Å². The number of rotatable bonds is 6. The molecule has 3 aromatic rings. The summed E-state index contributed by atoms with van der Waals surface area (Å²) >= 11 is 5.96. The van der Waals surface area contributed by atoms with Crippen molar-refractivity contribution in [1.82, 2.24) is 10.2 Å². The van der Waals surface area contributed by atoms with Gasteiger partial charge in [0.2, 0.25) is 5.91 Å². The van der Waals surface area contributed by atoms with Crippen LogP contribution in [0.15, 0.2) is 36.4 Å². The van der Waals surface area contributed by atoms with E-state index in [0.717, 1.165) is 10.9 Å². The quantitative estimate of drug-likeness (QED) is 0.535. The van der Waals surface area contributed by atoms with Crippen molar-refractivity contribution < 1.29 is 19.1 Å². The number of H-pyrrole nitrogens is 1. The number of nitrogens with one attached hydrogen (secondary N) is 2. The van der Waals surface area contributed by atoms with Crippen LogP contribution in [0.25, 0.3) is 17.0 Å². The van der Waals surface area contributed by atoms with Crippen molar-refractivity contribution in [2.24, 2.45) is 0 Å². The standard InChI is InChI=1S/C20H17ClFN3O3/c1-11-15(22)8-13(4-7-19(27)28)10-16(11)23-18(26)6-3-12-2-5-14-17(9-12)24-25-20(14)21/h2-3,5-6,8-10H,4,7H2,1H3,(H,23,26)(H,24,25)(H,27,28). The molecule has 0 bridgehead atoms. The summed E-state index contributed by atoms with van der Waals surface area (Å²) in [6.45, 7) is 1.55. The molecule has 6 nitrogen and oxygen atoms in total. The van der Waals surface area contributed by atoms with Gasteiger partial charge in [0.15, 0.2) is 0 Å². The van der Waals surface area contributed by atoms with Gasteiger partial charge < -0.3 is 10.4 Å². The van der Waals surface area contributed by atoms with E-state index in [-0.39, 0.29) is 18.4 Å². The molecule has 0 saturated carbocycles. The summed E-state index contributed by atoms with van der Waals surface area (Å²) in [5.74, 6) is -1.90. The maximum atomic E-state index is 14.1. The topological polar surface area (TPSA) is 95.1 Å². The summed E-state index contributed by atoms with van der Waals surface area (Å²) in [6, 6.07) is 8.24. The Labute approximate surface area is 165 Å². The maximum absolute atomic E-state index is 14.1. The highest BCUT2D eigenvalue weighted by molar-refractivity contribution is 6.34. The molecule has 144 valence electrons. The van der Waals surface area contributed by atoms with E-state index < -0.39 is 17.7 Å². The number of fused-ring (bicyclic) bond motifs is 1. The third-order valence-corrected chi connectivity index (χ3v) is 4.54. The summed E-state index contributed by atoms with van der Waals surface area (Å²) in [5.41, 5.74) is 2.53. The lowest BCUT2D eigenvalue weighted by Crippen LogP contribution is -2.10. The van der Waals surface area contributed by atoms with Crippen LogP contribution >= 0.6 is 11.6 Å². The van der Waals surface area contributed by atoms with Gasteiger partial charge in [-0.05, 0) is 54.8 Å². The second kappa shape index (κ2) is 8.22. The normalized spacial score (nSPS) is 11.2. The molecule has 0 spiro atoms. The van der Waals surface area contributed by atoms with E-state index in [4.69, 9.17) is 16.7 Å². The van der Waals surface area contributed by atoms with Crippen molar-refractivity contribution in [2.75, 3.05) is 5.32 Å². The number of aromatic amines is 1. The number of anilines is 1. The first-order valence-electron chi connectivity index (χ1n) is 8.47. The molecule has 0 fully saturated rings. The molecule has 0 atom stereocenters. The second-order valence-electron chi connectivity index (χ2n) is 6.28. The number of carboxylic acid groups (broad SMARTS) is 1. The van der Waals surface area contributed by atoms with Crippen LogP contribution in [0.5, 0.6) is 0 Å². The zero-order chi connectivity index (χ0) is 20.3. The first-order chi connectivity index (χ1) is 13.3. The Morgan fingerprint density at radius 2 is 2.11 bits per heavy atom. The number of aliphatic carboxylic acids is 1. The zero-order valence-electron chi connectivity index (χ0n) is 14.9. The fraction of sp³-hybridized carbons (Fsp3) is 0.150. The van der Waals surface area contributed by atoms with Crippen LogP contribution in [-0.2, 0) is 16.0 Å². The van der Waals surface area contributed by atoms with Crippen LogP contribution in [0.1, 0.15) is 23.1 Å². The van der Waals surface area contributed by atoms with E-state index in [9.17, 15) is 14.0 Å². The minimum atomic E-state index is -0.968. The van der Waals surface area contributed by atoms with Crippen molar-refractivity contribution in [3.05, 3.63) is 64.1 Å². The van der Waals surface area contributed by atoms with E-state index in [1.165, 1.54) is 12.1 Å². The van der Waals surface area contributed by atoms with Gasteiger partial charge >= 0.3 is 5.97 Å². The molecular formula is C20H17ClFN3O3. The average molecular weight is 402 g/mol. The second-order valence-corrected chi connectivity index (χ2v) is 6.66. The summed E-state index contributed by atoms with van der Waals surface area (Å²) < 4.78 is 14.1. The van der Waals surface area contributed by atoms with Gasteiger partial charge in [-0.2, -0.15) is 5.10 Å². The van der Waals surface area contributed by atoms with Crippen molar-refractivity contribution in [3.8, 4) is 0 Å². The summed E-state index contributed by atoms with van der Waals surface area (Å²) in [5, 5.41) is 19.4. The van der Waals surface area contributed by atoms with Gasteiger partial charge in [-0.1, -0.05) is 17.7 Å². The minimum Gasteiger partial charge on any atom is -0.481 e. The SMILES string of the molecule is Cc1c(F)cc(CCC(=O)O)cc1NC(=O)C=Cc1ccc2c(Cl)[nH]nc2c1. The number of carbonyl (C=O) groups is 2. The van der Waals surface area contributed by atoms with Gasteiger partial charge in [0.1, 0.15) is 11.0 Å². The Kier molecular flexibility index (Phi) is 5.75. The predicted octanol–water partition coefficient (Wildman–Crippen LogP) is 4.33. The number of amides is 1. The lowest BCUT2D eigenvalue weighted by molar-refractivity contribution is -0.137. The summed E-state index contributed by atoms with van der Waals surface area (Å²) in [6.07, 6.45) is 3.00. The average Bonchev–Trinajstić information content (AvgIpc) is 3.02. The maximum Gasteiger partial charge on any atom is 0.303 e. The van der Waals surface area contributed by atoms with Crippen LogP contribution in [0.3, 0.4) is 0 Å². The smallest absolute Gasteiger partial charge is 0.303 e. The monoisotopic (exact) mass is 401 g/mol. The summed E-state index contributed by atoms with van der Waals surface area (Å²) in [4.78, 5) is 22.9. The van der Waals surface area contributed by atoms with Crippen LogP contribution < -0.4 is 5.32 Å². The largest absolute Gasteiger partial charge is 0.481 e. The van der Waals surface area contributed by atoms with Gasteiger partial charge in [0, 0.05) is 29.1 Å². The molecule has 8 heteroatoms. The van der Waals surface area contributed by atoms with Crippen LogP contribution in [0, 0.1) is 12.7 Å². The van der Waals surface area contributed by atoms with Crippen LogP contribution in [0.2, 0.25) is 5.15 Å². The number of aryl methyl sites for hydroxylation is 1. The molecule has 0 aliphatic rings. The van der Waals surface area contributed by atoms with E-state index >= 15 is 0 Å². The van der Waals surface area contributed by atoms with Gasteiger partial charge in [-0.3, -0.25) is 14.7 Å². The number of nitrogens with zero attached hydrogens (tertiary/aromatic N) is 1. The lowest BCUT2D eigenvalue weighted by atomic mass is 10.0. The first kappa shape index (κ1) is 19.6. The Bertz CT molecular complexity index is 1090. The number of aromatic nitrogens is 2. The lowest BCUT2D eigenvalue weighted by Gasteiger charge is -2.10. The van der Waals surface area contributed by atoms with E-state index in [0.29, 0.717) is 21.9 Å². The molecule has 28 heavy (non-hydrogen) atoms. The van der Waals surface area contributed by atoms with Crippen molar-refractivity contribution in [3.63, 3.8) is 0 Å². The third kappa shape index (κ3) is 4.55. The fourth-order valence-corrected chi connectivity index (χ4v) is 2.91. The van der Waals surface area contributed by atoms with Gasteiger partial charge in [-0.15, -0.1) is 0 Å². The van der Waals surface area contributed by atoms with Crippen molar-refractivity contribution in [1.29, 1.82) is 0 Å². The van der Waals surface area contributed by atoms with Crippen molar-refractivity contribution in [2.45, 2.75) is 19.8 Å². The Morgan fingerprint density at radius 1 is 1.32 bits per heavy atom. The molecule has 2 aromatic carbocycles.